The summed E-state index contributed by atoms with van der Waals surface area (Å²) in [6.07, 6.45) is 3.11. The van der Waals surface area contributed by atoms with Gasteiger partial charge in [-0.25, -0.2) is 0 Å². The van der Waals surface area contributed by atoms with Gasteiger partial charge in [-0.15, -0.1) is 0 Å². The molecule has 0 aliphatic carbocycles. The molecule has 6 rings (SSSR count). The zero-order valence-electron chi connectivity index (χ0n) is 19.7. The second kappa shape index (κ2) is 7.67. The Hall–Kier alpha value is -2.18. The first kappa shape index (κ1) is 21.4. The molecule has 0 fully saturated rings. The van der Waals surface area contributed by atoms with Gasteiger partial charge in [0.1, 0.15) is 0 Å². The third-order valence-electron chi connectivity index (χ3n) is 6.52. The van der Waals surface area contributed by atoms with E-state index < -0.39 is 20.4 Å². The topological polar surface area (TPSA) is 12.9 Å². The molecule has 0 atom stereocenters. The fourth-order valence-corrected chi connectivity index (χ4v) is 9.79. The van der Waals surface area contributed by atoms with Crippen LogP contribution in [0, 0.1) is 19.3 Å². The maximum absolute atomic E-state index is 5.00. The molecule has 0 aliphatic rings. The molecule has 0 saturated heterocycles. The summed E-state index contributed by atoms with van der Waals surface area (Å²) in [4.78, 5) is 5.00. The average molecular weight is 561 g/mol. The Morgan fingerprint density at radius 2 is 1.64 bits per heavy atom. The van der Waals surface area contributed by atoms with Crippen LogP contribution in [-0.4, -0.2) is 25.4 Å². The summed E-state index contributed by atoms with van der Waals surface area (Å²) in [5, 5.41) is 5.59. The maximum atomic E-state index is 5.00. The van der Waals surface area contributed by atoms with E-state index in [9.17, 15) is 0 Å². The minimum atomic E-state index is -0.417. The first-order valence-corrected chi connectivity index (χ1v) is 14.7. The van der Waals surface area contributed by atoms with Gasteiger partial charge in [-0.3, -0.25) is 0 Å². The normalized spacial score (nSPS) is 12.5. The number of rotatable bonds is 2. The van der Waals surface area contributed by atoms with E-state index in [1.807, 2.05) is 17.5 Å². The number of nitrogens with zero attached hydrogens (tertiary/aromatic N) is 1. The number of aromatic nitrogens is 1. The molecule has 3 heteroatoms. The second-order valence-electron chi connectivity index (χ2n) is 10.4. The Balaban J connectivity index is 1.65. The van der Waals surface area contributed by atoms with Crippen molar-refractivity contribution in [2.45, 2.75) is 41.0 Å². The van der Waals surface area contributed by atoms with E-state index in [0.29, 0.717) is 0 Å². The number of benzene rings is 3. The predicted molar refractivity (Wildman–Crippen MR) is 147 cm³/mol. The van der Waals surface area contributed by atoms with Crippen molar-refractivity contribution < 1.29 is 0 Å². The van der Waals surface area contributed by atoms with Gasteiger partial charge in [0.05, 0.1) is 0 Å². The van der Waals surface area contributed by atoms with Crippen LogP contribution in [0.1, 0.15) is 37.5 Å². The van der Waals surface area contributed by atoms with Crippen molar-refractivity contribution in [3.63, 3.8) is 0 Å². The van der Waals surface area contributed by atoms with Crippen molar-refractivity contribution in [2.24, 2.45) is 5.41 Å². The van der Waals surface area contributed by atoms with Crippen LogP contribution in [-0.2, 0) is 6.42 Å². The molecule has 0 amide bonds. The van der Waals surface area contributed by atoms with E-state index in [4.69, 9.17) is 4.98 Å². The third kappa shape index (κ3) is 3.53. The molecular weight excluding hydrogens is 534 g/mol. The quantitative estimate of drug-likeness (QED) is 0.193. The van der Waals surface area contributed by atoms with Gasteiger partial charge in [-0.05, 0) is 0 Å². The molecule has 0 bridgehead atoms. The Kier molecular flexibility index (Phi) is 4.97. The van der Waals surface area contributed by atoms with Gasteiger partial charge in [-0.1, -0.05) is 0 Å². The molecule has 0 radical (unpaired) electrons. The minimum absolute atomic E-state index is 0.281. The first-order chi connectivity index (χ1) is 15.8. The SMILES string of the molecule is Cc1cc(-c2nccc3c2sc2c(C)c(CC(C)(C)C)ccc23)c2[te]c3ccccc3c2c1. The third-order valence-corrected chi connectivity index (χ3v) is 11.3. The van der Waals surface area contributed by atoms with Crippen LogP contribution < -0.4 is 0 Å². The zero-order chi connectivity index (χ0) is 22.9. The molecule has 3 aromatic heterocycles. The molecule has 0 spiro atoms. The molecule has 3 aromatic carbocycles. The van der Waals surface area contributed by atoms with Crippen molar-refractivity contribution in [2.75, 3.05) is 0 Å². The summed E-state index contributed by atoms with van der Waals surface area (Å²) in [6.45, 7) is 11.5. The fraction of sp³-hybridized carbons (Fsp3) is 0.233. The molecule has 164 valence electrons. The predicted octanol–water partition coefficient (Wildman–Crippen LogP) is 8.69. The average Bonchev–Trinajstić information content (AvgIpc) is 3.33. The molecule has 3 heterocycles. The van der Waals surface area contributed by atoms with E-state index in [1.54, 1.807) is 6.80 Å². The van der Waals surface area contributed by atoms with Crippen LogP contribution in [0.2, 0.25) is 0 Å². The fourth-order valence-electron chi connectivity index (χ4n) is 5.04. The Morgan fingerprint density at radius 1 is 0.848 bits per heavy atom. The molecule has 0 N–H and O–H groups in total. The van der Waals surface area contributed by atoms with Gasteiger partial charge < -0.3 is 0 Å². The van der Waals surface area contributed by atoms with Crippen molar-refractivity contribution >= 4 is 69.5 Å². The van der Waals surface area contributed by atoms with E-state index >= 15 is 0 Å². The standard InChI is InChI=1S/C30H27NSTe/c1-17-14-23-20-8-6-7-9-25(20)33-29(23)24(15-17)26-28-22(12-13-31-26)21-11-10-19(16-30(3,4)5)18(2)27(21)32-28/h6-15H,16H2,1-5H3. The molecule has 6 aromatic rings. The van der Waals surface area contributed by atoms with Crippen molar-refractivity contribution in [1.82, 2.24) is 4.98 Å². The van der Waals surface area contributed by atoms with Gasteiger partial charge in [0, 0.05) is 0 Å². The van der Waals surface area contributed by atoms with Gasteiger partial charge in [0.2, 0.25) is 0 Å². The summed E-state index contributed by atoms with van der Waals surface area (Å²) >= 11 is 1.52. The molecule has 0 unspecified atom stereocenters. The van der Waals surface area contributed by atoms with Gasteiger partial charge in [-0.2, -0.15) is 0 Å². The van der Waals surface area contributed by atoms with Crippen molar-refractivity contribution in [3.05, 3.63) is 77.5 Å². The Labute approximate surface area is 208 Å². The van der Waals surface area contributed by atoms with Crippen LogP contribution in [0.15, 0.2) is 60.8 Å². The first-order valence-electron chi connectivity index (χ1n) is 11.5. The van der Waals surface area contributed by atoms with Crippen LogP contribution >= 0.6 is 11.3 Å². The van der Waals surface area contributed by atoms with E-state index in [0.717, 1.165) is 6.42 Å². The molecular formula is C30H27NSTe. The molecule has 0 saturated carbocycles. The molecule has 0 aliphatic heterocycles. The molecule has 1 nitrogen and oxygen atoms in total. The monoisotopic (exact) mass is 563 g/mol. The zero-order valence-corrected chi connectivity index (χ0v) is 22.9. The van der Waals surface area contributed by atoms with Crippen LogP contribution in [0.25, 0.3) is 49.0 Å². The van der Waals surface area contributed by atoms with E-state index in [1.165, 1.54) is 58.9 Å². The van der Waals surface area contributed by atoms with Gasteiger partial charge >= 0.3 is 210 Å². The summed E-state index contributed by atoms with van der Waals surface area (Å²) in [5.74, 6) is 0. The van der Waals surface area contributed by atoms with Crippen LogP contribution in [0.5, 0.6) is 0 Å². The van der Waals surface area contributed by atoms with Gasteiger partial charge in [0.25, 0.3) is 0 Å². The van der Waals surface area contributed by atoms with Crippen LogP contribution in [0.3, 0.4) is 0 Å². The summed E-state index contributed by atoms with van der Waals surface area (Å²) in [7, 11) is 0. The number of hydrogen-bond donors (Lipinski definition) is 0. The van der Waals surface area contributed by atoms with Crippen molar-refractivity contribution in [1.29, 1.82) is 0 Å². The Morgan fingerprint density at radius 3 is 2.45 bits per heavy atom. The van der Waals surface area contributed by atoms with Crippen molar-refractivity contribution in [3.8, 4) is 11.3 Å². The number of fused-ring (bicyclic) bond motifs is 6. The second-order valence-corrected chi connectivity index (χ2v) is 14.4. The van der Waals surface area contributed by atoms with Gasteiger partial charge in [0.15, 0.2) is 0 Å². The summed E-state index contributed by atoms with van der Waals surface area (Å²) in [5.41, 5.74) is 7.02. The summed E-state index contributed by atoms with van der Waals surface area (Å²) < 4.78 is 5.86. The Bertz CT molecular complexity index is 1690. The van der Waals surface area contributed by atoms with E-state index in [-0.39, 0.29) is 5.41 Å². The number of hydrogen-bond acceptors (Lipinski definition) is 2. The number of pyridine rings is 1. The number of aryl methyl sites for hydroxylation is 2. The van der Waals surface area contributed by atoms with Crippen LogP contribution in [0.4, 0.5) is 0 Å². The van der Waals surface area contributed by atoms with E-state index in [2.05, 4.69) is 89.2 Å². The summed E-state index contributed by atoms with van der Waals surface area (Å²) in [6, 6.07) is 20.6. The number of thiophene rings is 1. The molecule has 33 heavy (non-hydrogen) atoms.